The van der Waals surface area contributed by atoms with Gasteiger partial charge in [0.1, 0.15) is 16.3 Å². The number of carbonyl (C=O) groups is 1. The van der Waals surface area contributed by atoms with E-state index >= 15 is 0 Å². The summed E-state index contributed by atoms with van der Waals surface area (Å²) in [7, 11) is -2.62. The standard InChI is InChI=1S/C21H25F2N3O4S/c1-13(2)25-31(28,29)19-10-14(6-7-18(19)30-3)21(27)24-15-11-16(22)20(17(23)12-15)26-8-4-5-9-26/h6-7,10-13,25H,4-5,8-9H2,1-3H3,(H,24,27). The number of hydrogen-bond acceptors (Lipinski definition) is 5. The molecule has 0 aliphatic carbocycles. The second-order valence-electron chi connectivity index (χ2n) is 7.58. The summed E-state index contributed by atoms with van der Waals surface area (Å²) in [6.07, 6.45) is 1.73. The van der Waals surface area contributed by atoms with E-state index in [4.69, 9.17) is 4.74 Å². The Hall–Kier alpha value is -2.72. The lowest BCUT2D eigenvalue weighted by Crippen LogP contribution is -2.30. The fourth-order valence-electron chi connectivity index (χ4n) is 3.49. The van der Waals surface area contributed by atoms with E-state index < -0.39 is 27.6 Å². The largest absolute Gasteiger partial charge is 0.495 e. The first-order valence-electron chi connectivity index (χ1n) is 9.88. The van der Waals surface area contributed by atoms with Crippen LogP contribution < -0.4 is 19.7 Å². The van der Waals surface area contributed by atoms with Crippen LogP contribution in [-0.4, -0.2) is 40.6 Å². The zero-order chi connectivity index (χ0) is 22.8. The van der Waals surface area contributed by atoms with Crippen molar-refractivity contribution >= 4 is 27.3 Å². The fraction of sp³-hybridized carbons (Fsp3) is 0.381. The summed E-state index contributed by atoms with van der Waals surface area (Å²) < 4.78 is 61.7. The smallest absolute Gasteiger partial charge is 0.255 e. The number of rotatable bonds is 7. The second kappa shape index (κ2) is 9.19. The minimum atomic E-state index is -3.94. The van der Waals surface area contributed by atoms with Gasteiger partial charge in [0, 0.05) is 30.4 Å². The summed E-state index contributed by atoms with van der Waals surface area (Å²) in [5.41, 5.74) is -0.175. The fourth-order valence-corrected chi connectivity index (χ4v) is 4.93. The zero-order valence-electron chi connectivity index (χ0n) is 17.5. The summed E-state index contributed by atoms with van der Waals surface area (Å²) in [5, 5.41) is 2.42. The number of nitrogens with zero attached hydrogens (tertiary/aromatic N) is 1. The van der Waals surface area contributed by atoms with Crippen LogP contribution in [0.4, 0.5) is 20.2 Å². The SMILES string of the molecule is COc1ccc(C(=O)Nc2cc(F)c(N3CCCC3)c(F)c2)cc1S(=O)(=O)NC(C)C. The molecule has 0 spiro atoms. The Balaban J connectivity index is 1.88. The van der Waals surface area contributed by atoms with E-state index in [-0.39, 0.29) is 33.6 Å². The van der Waals surface area contributed by atoms with Gasteiger partial charge in [-0.05, 0) is 57.0 Å². The van der Waals surface area contributed by atoms with Crippen molar-refractivity contribution in [1.29, 1.82) is 0 Å². The van der Waals surface area contributed by atoms with Crippen molar-refractivity contribution < 1.29 is 26.7 Å². The number of methoxy groups -OCH3 is 1. The predicted octanol–water partition coefficient (Wildman–Crippen LogP) is 3.51. The highest BCUT2D eigenvalue weighted by atomic mass is 32.2. The van der Waals surface area contributed by atoms with Crippen molar-refractivity contribution in [1.82, 2.24) is 4.72 Å². The Bertz CT molecular complexity index is 1060. The molecular weight excluding hydrogens is 428 g/mol. The number of anilines is 2. The van der Waals surface area contributed by atoms with Crippen molar-refractivity contribution in [3.8, 4) is 5.75 Å². The third-order valence-electron chi connectivity index (χ3n) is 4.80. The maximum atomic E-state index is 14.5. The lowest BCUT2D eigenvalue weighted by atomic mass is 10.2. The van der Waals surface area contributed by atoms with Crippen molar-refractivity contribution in [2.45, 2.75) is 37.6 Å². The van der Waals surface area contributed by atoms with Crippen molar-refractivity contribution in [2.24, 2.45) is 0 Å². The molecule has 1 saturated heterocycles. The average Bonchev–Trinajstić information content (AvgIpc) is 3.20. The Kier molecular flexibility index (Phi) is 6.80. The van der Waals surface area contributed by atoms with Gasteiger partial charge in [0.05, 0.1) is 7.11 Å². The molecule has 31 heavy (non-hydrogen) atoms. The number of hydrogen-bond donors (Lipinski definition) is 2. The lowest BCUT2D eigenvalue weighted by molar-refractivity contribution is 0.102. The summed E-state index contributed by atoms with van der Waals surface area (Å²) in [6, 6.07) is 5.61. The van der Waals surface area contributed by atoms with Gasteiger partial charge >= 0.3 is 0 Å². The number of amides is 1. The molecule has 0 radical (unpaired) electrons. The Morgan fingerprint density at radius 1 is 1.10 bits per heavy atom. The molecule has 2 aromatic rings. The molecule has 2 aromatic carbocycles. The Morgan fingerprint density at radius 2 is 1.71 bits per heavy atom. The molecule has 1 heterocycles. The predicted molar refractivity (Wildman–Crippen MR) is 114 cm³/mol. The highest BCUT2D eigenvalue weighted by Gasteiger charge is 2.24. The molecule has 0 unspecified atom stereocenters. The third-order valence-corrected chi connectivity index (χ3v) is 6.48. The van der Waals surface area contributed by atoms with Crippen molar-refractivity contribution in [3.05, 3.63) is 47.5 Å². The first-order chi connectivity index (χ1) is 14.6. The minimum absolute atomic E-state index is 0.00522. The Labute approximate surface area is 180 Å². The molecule has 0 bridgehead atoms. The van der Waals surface area contributed by atoms with E-state index in [1.165, 1.54) is 19.2 Å². The maximum Gasteiger partial charge on any atom is 0.255 e. The van der Waals surface area contributed by atoms with Gasteiger partial charge in [0.25, 0.3) is 5.91 Å². The van der Waals surface area contributed by atoms with E-state index in [0.29, 0.717) is 13.1 Å². The van der Waals surface area contributed by atoms with Crippen LogP contribution in [-0.2, 0) is 10.0 Å². The van der Waals surface area contributed by atoms with Gasteiger partial charge in [-0.3, -0.25) is 4.79 Å². The summed E-state index contributed by atoms with van der Waals surface area (Å²) >= 11 is 0. The highest BCUT2D eigenvalue weighted by molar-refractivity contribution is 7.89. The molecule has 0 saturated carbocycles. The van der Waals surface area contributed by atoms with Gasteiger partial charge in [0.15, 0.2) is 11.6 Å². The molecule has 7 nitrogen and oxygen atoms in total. The third kappa shape index (κ3) is 5.13. The molecule has 1 amide bonds. The molecular formula is C21H25F2N3O4S. The molecule has 10 heteroatoms. The van der Waals surface area contributed by atoms with E-state index in [1.807, 2.05) is 0 Å². The van der Waals surface area contributed by atoms with Gasteiger partial charge in [-0.1, -0.05) is 0 Å². The van der Waals surface area contributed by atoms with Crippen LogP contribution in [0.2, 0.25) is 0 Å². The normalized spacial score (nSPS) is 14.2. The number of ether oxygens (including phenoxy) is 1. The molecule has 0 aromatic heterocycles. The number of carbonyl (C=O) groups excluding carboxylic acids is 1. The van der Waals surface area contributed by atoms with Gasteiger partial charge in [0.2, 0.25) is 10.0 Å². The molecule has 0 atom stereocenters. The summed E-state index contributed by atoms with van der Waals surface area (Å²) in [6.45, 7) is 4.48. The van der Waals surface area contributed by atoms with Crippen LogP contribution in [0.3, 0.4) is 0 Å². The lowest BCUT2D eigenvalue weighted by Gasteiger charge is -2.20. The summed E-state index contributed by atoms with van der Waals surface area (Å²) in [5.74, 6) is -2.18. The molecule has 1 fully saturated rings. The van der Waals surface area contributed by atoms with E-state index in [1.54, 1.807) is 18.7 Å². The van der Waals surface area contributed by atoms with Crippen LogP contribution in [0.5, 0.6) is 5.75 Å². The maximum absolute atomic E-state index is 14.5. The van der Waals surface area contributed by atoms with Gasteiger partial charge in [-0.15, -0.1) is 0 Å². The first kappa shape index (κ1) is 23.0. The van der Waals surface area contributed by atoms with Crippen LogP contribution in [0, 0.1) is 11.6 Å². The highest BCUT2D eigenvalue weighted by Crippen LogP contribution is 2.30. The number of sulfonamides is 1. The molecule has 168 valence electrons. The first-order valence-corrected chi connectivity index (χ1v) is 11.4. The van der Waals surface area contributed by atoms with Crippen LogP contribution in [0.25, 0.3) is 0 Å². The molecule has 1 aliphatic heterocycles. The van der Waals surface area contributed by atoms with Gasteiger partial charge < -0.3 is 15.0 Å². The van der Waals surface area contributed by atoms with Crippen molar-refractivity contribution in [2.75, 3.05) is 30.4 Å². The topological polar surface area (TPSA) is 87.7 Å². The number of benzene rings is 2. The van der Waals surface area contributed by atoms with Gasteiger partial charge in [-0.2, -0.15) is 0 Å². The van der Waals surface area contributed by atoms with Crippen molar-refractivity contribution in [3.63, 3.8) is 0 Å². The van der Waals surface area contributed by atoms with Crippen LogP contribution >= 0.6 is 0 Å². The van der Waals surface area contributed by atoms with Crippen LogP contribution in [0.1, 0.15) is 37.0 Å². The molecule has 2 N–H and O–H groups in total. The summed E-state index contributed by atoms with van der Waals surface area (Å²) in [4.78, 5) is 14.1. The second-order valence-corrected chi connectivity index (χ2v) is 9.26. The quantitative estimate of drug-likeness (QED) is 0.670. The zero-order valence-corrected chi connectivity index (χ0v) is 18.4. The van der Waals surface area contributed by atoms with E-state index in [9.17, 15) is 22.0 Å². The van der Waals surface area contributed by atoms with Gasteiger partial charge in [-0.25, -0.2) is 21.9 Å². The molecule has 1 aliphatic rings. The Morgan fingerprint density at radius 3 is 2.26 bits per heavy atom. The molecule has 3 rings (SSSR count). The van der Waals surface area contributed by atoms with E-state index in [0.717, 1.165) is 31.0 Å². The number of halogens is 2. The number of nitrogens with one attached hydrogen (secondary N) is 2. The van der Waals surface area contributed by atoms with E-state index in [2.05, 4.69) is 10.0 Å². The van der Waals surface area contributed by atoms with Crippen LogP contribution in [0.15, 0.2) is 35.2 Å². The minimum Gasteiger partial charge on any atom is -0.495 e. The monoisotopic (exact) mass is 453 g/mol. The average molecular weight is 454 g/mol.